The normalized spacial score (nSPS) is 10.5. The molecule has 0 aliphatic rings. The van der Waals surface area contributed by atoms with E-state index in [4.69, 9.17) is 0 Å². The topological polar surface area (TPSA) is 72.1 Å². The highest BCUT2D eigenvalue weighted by Gasteiger charge is 2.15. The highest BCUT2D eigenvalue weighted by atomic mass is 32.2. The monoisotopic (exact) mass is 326 g/mol. The fourth-order valence-corrected chi connectivity index (χ4v) is 2.34. The van der Waals surface area contributed by atoms with Crippen molar-refractivity contribution in [3.8, 4) is 5.75 Å². The summed E-state index contributed by atoms with van der Waals surface area (Å²) >= 11 is 0.934. The highest BCUT2D eigenvalue weighted by molar-refractivity contribution is 8.13. The van der Waals surface area contributed by atoms with Crippen molar-refractivity contribution >= 4 is 22.8 Å². The van der Waals surface area contributed by atoms with Crippen LogP contribution in [-0.4, -0.2) is 21.1 Å². The molecular weight excluding hydrogens is 314 g/mol. The summed E-state index contributed by atoms with van der Waals surface area (Å²) in [7, 11) is 0. The number of nitrogens with zero attached hydrogens (tertiary/aromatic N) is 1. The molecule has 0 fully saturated rings. The third kappa shape index (κ3) is 4.14. The van der Waals surface area contributed by atoms with Gasteiger partial charge in [-0.2, -0.15) is 0 Å². The summed E-state index contributed by atoms with van der Waals surface area (Å²) in [5.74, 6) is -3.44. The van der Waals surface area contributed by atoms with Gasteiger partial charge in [-0.05, 0) is 29.5 Å². The van der Waals surface area contributed by atoms with Crippen LogP contribution in [-0.2, 0) is 16.0 Å². The molecule has 0 amide bonds. The number of rotatable bonds is 4. The molecule has 0 saturated carbocycles. The zero-order valence-corrected chi connectivity index (χ0v) is 12.6. The number of benzene rings is 1. The molecular formula is C14H12F2N2O3S. The molecule has 22 heavy (non-hydrogen) atoms. The second-order valence-electron chi connectivity index (χ2n) is 4.45. The second-order valence-corrected chi connectivity index (χ2v) is 5.62. The van der Waals surface area contributed by atoms with Gasteiger partial charge in [-0.3, -0.25) is 9.59 Å². The Kier molecular flexibility index (Phi) is 4.92. The van der Waals surface area contributed by atoms with Crippen LogP contribution in [0.2, 0.25) is 0 Å². The summed E-state index contributed by atoms with van der Waals surface area (Å²) in [6.07, 6.45) is 1.73. The molecule has 0 unspecified atom stereocenters. The van der Waals surface area contributed by atoms with Gasteiger partial charge in [-0.15, -0.1) is 0 Å². The summed E-state index contributed by atoms with van der Waals surface area (Å²) in [6, 6.07) is 2.15. The number of carbonyl (C=O) groups excluding carboxylic acids is 2. The van der Waals surface area contributed by atoms with Gasteiger partial charge in [0.2, 0.25) is 5.75 Å². The minimum atomic E-state index is -0.959. The van der Waals surface area contributed by atoms with Crippen molar-refractivity contribution in [2.75, 3.05) is 0 Å². The molecule has 116 valence electrons. The van der Waals surface area contributed by atoms with E-state index in [0.29, 0.717) is 16.4 Å². The maximum absolute atomic E-state index is 13.8. The van der Waals surface area contributed by atoms with Crippen molar-refractivity contribution in [1.82, 2.24) is 9.97 Å². The third-order valence-electron chi connectivity index (χ3n) is 2.54. The van der Waals surface area contributed by atoms with Gasteiger partial charge in [0, 0.05) is 26.5 Å². The van der Waals surface area contributed by atoms with Gasteiger partial charge in [-0.1, -0.05) is 0 Å². The van der Waals surface area contributed by atoms with E-state index in [-0.39, 0.29) is 11.5 Å². The predicted octanol–water partition coefficient (Wildman–Crippen LogP) is 2.84. The van der Waals surface area contributed by atoms with Crippen molar-refractivity contribution < 1.29 is 23.1 Å². The first kappa shape index (κ1) is 16.2. The van der Waals surface area contributed by atoms with Crippen LogP contribution in [0.5, 0.6) is 5.75 Å². The van der Waals surface area contributed by atoms with Gasteiger partial charge in [0.25, 0.3) is 0 Å². The van der Waals surface area contributed by atoms with Gasteiger partial charge in [0.05, 0.1) is 5.69 Å². The molecule has 1 N–H and O–H groups in total. The van der Waals surface area contributed by atoms with Gasteiger partial charge in [0.15, 0.2) is 21.9 Å². The van der Waals surface area contributed by atoms with Crippen molar-refractivity contribution in [3.05, 3.63) is 41.2 Å². The number of hydrogen-bond acceptors (Lipinski definition) is 5. The first-order chi connectivity index (χ1) is 10.3. The number of hydrogen-bond donors (Lipinski definition) is 1. The first-order valence-corrected chi connectivity index (χ1v) is 7.06. The molecule has 1 aromatic carbocycles. The Bertz CT molecular complexity index is 708. The predicted molar refractivity (Wildman–Crippen MR) is 75.6 cm³/mol. The molecule has 0 bridgehead atoms. The smallest absolute Gasteiger partial charge is 0.308 e. The zero-order chi connectivity index (χ0) is 16.3. The molecule has 0 saturated heterocycles. The quantitative estimate of drug-likeness (QED) is 0.531. The summed E-state index contributed by atoms with van der Waals surface area (Å²) in [5, 5.41) is 0.295. The SMILES string of the molecule is CC(=O)Oc1c(F)cc(Cc2c[nH]c(SC(C)=O)n2)cc1F. The Labute approximate surface area is 129 Å². The standard InChI is InChI=1S/C14H12F2N2O3S/c1-7(19)21-13-11(15)4-9(5-12(13)16)3-10-6-17-14(18-10)22-8(2)20/h4-6H,3H2,1-2H3,(H,17,18). The van der Waals surface area contributed by atoms with Crippen LogP contribution in [0.25, 0.3) is 0 Å². The summed E-state index contributed by atoms with van der Waals surface area (Å²) in [4.78, 5) is 28.7. The lowest BCUT2D eigenvalue weighted by atomic mass is 10.1. The Morgan fingerprint density at radius 1 is 1.27 bits per heavy atom. The first-order valence-electron chi connectivity index (χ1n) is 6.24. The average molecular weight is 326 g/mol. The number of H-pyrrole nitrogens is 1. The number of esters is 1. The molecule has 0 radical (unpaired) electrons. The number of ether oxygens (including phenoxy) is 1. The fourth-order valence-electron chi connectivity index (χ4n) is 1.78. The van der Waals surface area contributed by atoms with Crippen LogP contribution in [0.1, 0.15) is 25.1 Å². The van der Waals surface area contributed by atoms with E-state index in [2.05, 4.69) is 14.7 Å². The van der Waals surface area contributed by atoms with E-state index < -0.39 is 23.4 Å². The van der Waals surface area contributed by atoms with E-state index in [9.17, 15) is 18.4 Å². The Morgan fingerprint density at radius 3 is 2.45 bits per heavy atom. The van der Waals surface area contributed by atoms with Crippen LogP contribution in [0, 0.1) is 11.6 Å². The van der Waals surface area contributed by atoms with Crippen molar-refractivity contribution in [2.45, 2.75) is 25.4 Å². The molecule has 8 heteroatoms. The van der Waals surface area contributed by atoms with E-state index in [1.807, 2.05) is 0 Å². The Hall–Kier alpha value is -2.22. The van der Waals surface area contributed by atoms with Crippen LogP contribution in [0.15, 0.2) is 23.5 Å². The lowest BCUT2D eigenvalue weighted by Gasteiger charge is -2.06. The Morgan fingerprint density at radius 2 is 1.91 bits per heavy atom. The summed E-state index contributed by atoms with van der Waals surface area (Å²) < 4.78 is 32.0. The van der Waals surface area contributed by atoms with Gasteiger partial charge >= 0.3 is 5.97 Å². The van der Waals surface area contributed by atoms with Crippen molar-refractivity contribution in [1.29, 1.82) is 0 Å². The van der Waals surface area contributed by atoms with Gasteiger partial charge in [-0.25, -0.2) is 13.8 Å². The molecule has 5 nitrogen and oxygen atoms in total. The number of nitrogens with one attached hydrogen (secondary N) is 1. The van der Waals surface area contributed by atoms with Crippen LogP contribution >= 0.6 is 11.8 Å². The number of aromatic amines is 1. The minimum absolute atomic E-state index is 0.122. The van der Waals surface area contributed by atoms with E-state index >= 15 is 0 Å². The lowest BCUT2D eigenvalue weighted by molar-refractivity contribution is -0.132. The fraction of sp³-hybridized carbons (Fsp3) is 0.214. The van der Waals surface area contributed by atoms with E-state index in [1.54, 1.807) is 6.20 Å². The molecule has 2 rings (SSSR count). The van der Waals surface area contributed by atoms with E-state index in [1.165, 1.54) is 6.92 Å². The van der Waals surface area contributed by atoms with Crippen LogP contribution < -0.4 is 4.74 Å². The van der Waals surface area contributed by atoms with Crippen molar-refractivity contribution in [2.24, 2.45) is 0 Å². The molecule has 0 atom stereocenters. The molecule has 1 aromatic heterocycles. The van der Waals surface area contributed by atoms with Crippen LogP contribution in [0.4, 0.5) is 8.78 Å². The summed E-state index contributed by atoms with van der Waals surface area (Å²) in [5.41, 5.74) is 0.861. The lowest BCUT2D eigenvalue weighted by Crippen LogP contribution is -2.06. The minimum Gasteiger partial charge on any atom is -0.420 e. The second kappa shape index (κ2) is 6.69. The number of aromatic nitrogens is 2. The molecule has 0 aliphatic carbocycles. The Balaban J connectivity index is 2.18. The number of imidazole rings is 1. The van der Waals surface area contributed by atoms with Gasteiger partial charge in [0.1, 0.15) is 0 Å². The third-order valence-corrected chi connectivity index (χ3v) is 3.23. The number of thioether (sulfide) groups is 1. The summed E-state index contributed by atoms with van der Waals surface area (Å²) in [6.45, 7) is 2.47. The molecule has 0 aliphatic heterocycles. The maximum atomic E-state index is 13.8. The van der Waals surface area contributed by atoms with Gasteiger partial charge < -0.3 is 9.72 Å². The highest BCUT2D eigenvalue weighted by Crippen LogP contribution is 2.25. The van der Waals surface area contributed by atoms with Crippen molar-refractivity contribution in [3.63, 3.8) is 0 Å². The largest absolute Gasteiger partial charge is 0.420 e. The van der Waals surface area contributed by atoms with Crippen LogP contribution in [0.3, 0.4) is 0 Å². The molecule has 1 heterocycles. The zero-order valence-electron chi connectivity index (χ0n) is 11.8. The average Bonchev–Trinajstić information content (AvgIpc) is 2.80. The maximum Gasteiger partial charge on any atom is 0.308 e. The molecule has 2 aromatic rings. The number of halogens is 2. The number of carbonyl (C=O) groups is 2. The van der Waals surface area contributed by atoms with E-state index in [0.717, 1.165) is 30.8 Å². The molecule has 0 spiro atoms.